The standard InChI is InChI=1S/C16H13NO2/c1-10-6-5-7-11(2)14(10)17-13-9-4-3-8-12(13)15(18)16(17)19/h3-9H,1-2H3. The number of nitrogens with zero attached hydrogens (tertiary/aromatic N) is 1. The first-order chi connectivity index (χ1) is 9.11. The van der Waals surface area contributed by atoms with E-state index in [2.05, 4.69) is 0 Å². The zero-order valence-electron chi connectivity index (χ0n) is 10.8. The van der Waals surface area contributed by atoms with Crippen LogP contribution in [0.25, 0.3) is 0 Å². The molecule has 0 radical (unpaired) electrons. The molecule has 0 bridgehead atoms. The number of aryl methyl sites for hydroxylation is 2. The number of amides is 1. The third kappa shape index (κ3) is 1.58. The van der Waals surface area contributed by atoms with Crippen LogP contribution in [0.2, 0.25) is 0 Å². The summed E-state index contributed by atoms with van der Waals surface area (Å²) in [5.74, 6) is -0.906. The number of carbonyl (C=O) groups excluding carboxylic acids is 2. The van der Waals surface area contributed by atoms with E-state index in [0.717, 1.165) is 16.8 Å². The van der Waals surface area contributed by atoms with Crippen molar-refractivity contribution >= 4 is 23.1 Å². The molecule has 1 aliphatic heterocycles. The first-order valence-corrected chi connectivity index (χ1v) is 6.15. The van der Waals surface area contributed by atoms with Gasteiger partial charge in [-0.2, -0.15) is 0 Å². The average molecular weight is 251 g/mol. The van der Waals surface area contributed by atoms with E-state index in [1.54, 1.807) is 12.1 Å². The minimum atomic E-state index is -0.474. The maximum atomic E-state index is 12.2. The molecule has 94 valence electrons. The lowest BCUT2D eigenvalue weighted by molar-refractivity contribution is -0.113. The Labute approximate surface area is 111 Å². The number of carbonyl (C=O) groups is 2. The largest absolute Gasteiger partial charge is 0.304 e. The highest BCUT2D eigenvalue weighted by atomic mass is 16.2. The molecule has 0 saturated heterocycles. The van der Waals surface area contributed by atoms with Crippen LogP contribution in [-0.2, 0) is 4.79 Å². The fourth-order valence-corrected chi connectivity index (χ4v) is 2.57. The molecule has 3 rings (SSSR count). The van der Waals surface area contributed by atoms with Crippen LogP contribution in [0, 0.1) is 13.8 Å². The molecule has 0 aliphatic carbocycles. The highest BCUT2D eigenvalue weighted by Gasteiger charge is 2.37. The molecule has 1 heterocycles. The molecule has 1 amide bonds. The van der Waals surface area contributed by atoms with Crippen LogP contribution in [0.4, 0.5) is 11.4 Å². The summed E-state index contributed by atoms with van der Waals surface area (Å²) in [6.07, 6.45) is 0. The summed E-state index contributed by atoms with van der Waals surface area (Å²) in [7, 11) is 0. The van der Waals surface area contributed by atoms with Gasteiger partial charge in [-0.25, -0.2) is 0 Å². The van der Waals surface area contributed by atoms with Gasteiger partial charge in [0, 0.05) is 0 Å². The lowest BCUT2D eigenvalue weighted by atomic mass is 10.1. The Bertz CT molecular complexity index is 683. The van der Waals surface area contributed by atoms with Gasteiger partial charge in [-0.05, 0) is 37.1 Å². The number of hydrogen-bond donors (Lipinski definition) is 0. The third-order valence-electron chi connectivity index (χ3n) is 3.45. The highest BCUT2D eigenvalue weighted by Crippen LogP contribution is 2.38. The molecule has 3 nitrogen and oxygen atoms in total. The van der Waals surface area contributed by atoms with Crippen molar-refractivity contribution in [2.24, 2.45) is 0 Å². The summed E-state index contributed by atoms with van der Waals surface area (Å²) in [4.78, 5) is 25.8. The van der Waals surface area contributed by atoms with Gasteiger partial charge in [-0.3, -0.25) is 14.5 Å². The van der Waals surface area contributed by atoms with Gasteiger partial charge in [0.2, 0.25) is 0 Å². The van der Waals surface area contributed by atoms with E-state index in [1.165, 1.54) is 4.90 Å². The second-order valence-electron chi connectivity index (χ2n) is 4.73. The van der Waals surface area contributed by atoms with Crippen LogP contribution < -0.4 is 4.90 Å². The van der Waals surface area contributed by atoms with Crippen LogP contribution in [0.1, 0.15) is 21.5 Å². The maximum absolute atomic E-state index is 12.2. The third-order valence-corrected chi connectivity index (χ3v) is 3.45. The smallest absolute Gasteiger partial charge is 0.283 e. The van der Waals surface area contributed by atoms with Gasteiger partial charge in [0.25, 0.3) is 5.78 Å². The summed E-state index contributed by atoms with van der Waals surface area (Å²) in [5, 5.41) is 0. The van der Waals surface area contributed by atoms with Crippen molar-refractivity contribution in [2.45, 2.75) is 13.8 Å². The van der Waals surface area contributed by atoms with Crippen LogP contribution in [0.3, 0.4) is 0 Å². The number of benzene rings is 2. The molecule has 3 heteroatoms. The van der Waals surface area contributed by atoms with Gasteiger partial charge in [0.05, 0.1) is 16.9 Å². The monoisotopic (exact) mass is 251 g/mol. The second-order valence-corrected chi connectivity index (χ2v) is 4.73. The van der Waals surface area contributed by atoms with Gasteiger partial charge in [-0.15, -0.1) is 0 Å². The molecule has 0 atom stereocenters. The van der Waals surface area contributed by atoms with Crippen LogP contribution in [-0.4, -0.2) is 11.7 Å². The lowest BCUT2D eigenvalue weighted by Crippen LogP contribution is -2.26. The predicted molar refractivity (Wildman–Crippen MR) is 73.8 cm³/mol. The molecule has 1 aliphatic rings. The molecule has 0 unspecified atom stereocenters. The molecule has 0 aromatic heterocycles. The van der Waals surface area contributed by atoms with E-state index < -0.39 is 11.7 Å². The molecule has 0 N–H and O–H groups in total. The van der Waals surface area contributed by atoms with E-state index >= 15 is 0 Å². The molecule has 2 aromatic rings. The Balaban J connectivity index is 2.27. The topological polar surface area (TPSA) is 37.4 Å². The number of fused-ring (bicyclic) bond motifs is 1. The molecule has 0 spiro atoms. The van der Waals surface area contributed by atoms with Gasteiger partial charge in [0.15, 0.2) is 0 Å². The quantitative estimate of drug-likeness (QED) is 0.730. The van der Waals surface area contributed by atoms with Crippen molar-refractivity contribution in [2.75, 3.05) is 4.90 Å². The number of Topliss-reactive ketones (excluding diaryl/α,β-unsaturated/α-hetero) is 1. The fraction of sp³-hybridized carbons (Fsp3) is 0.125. The highest BCUT2D eigenvalue weighted by molar-refractivity contribution is 6.53. The van der Waals surface area contributed by atoms with E-state index in [0.29, 0.717) is 11.3 Å². The van der Waals surface area contributed by atoms with Crippen LogP contribution in [0.5, 0.6) is 0 Å². The molecular weight excluding hydrogens is 238 g/mol. The van der Waals surface area contributed by atoms with Crippen molar-refractivity contribution in [3.8, 4) is 0 Å². The van der Waals surface area contributed by atoms with Gasteiger partial charge >= 0.3 is 5.91 Å². The summed E-state index contributed by atoms with van der Waals surface area (Å²) in [5.41, 5.74) is 3.94. The Morgan fingerprint density at radius 1 is 0.842 bits per heavy atom. The maximum Gasteiger partial charge on any atom is 0.304 e. The van der Waals surface area contributed by atoms with Crippen molar-refractivity contribution in [1.29, 1.82) is 0 Å². The number of para-hydroxylation sites is 2. The number of rotatable bonds is 1. The first-order valence-electron chi connectivity index (χ1n) is 6.15. The Hall–Kier alpha value is -2.42. The Morgan fingerprint density at radius 3 is 2.16 bits per heavy atom. The Morgan fingerprint density at radius 2 is 1.47 bits per heavy atom. The SMILES string of the molecule is Cc1cccc(C)c1N1C(=O)C(=O)c2ccccc21. The predicted octanol–water partition coefficient (Wildman–Crippen LogP) is 3.16. The summed E-state index contributed by atoms with van der Waals surface area (Å²) < 4.78 is 0. The molecular formula is C16H13NO2. The van der Waals surface area contributed by atoms with Crippen molar-refractivity contribution < 1.29 is 9.59 Å². The molecule has 0 fully saturated rings. The van der Waals surface area contributed by atoms with E-state index in [-0.39, 0.29) is 0 Å². The average Bonchev–Trinajstić information content (AvgIpc) is 2.64. The molecule has 0 saturated carbocycles. The number of hydrogen-bond acceptors (Lipinski definition) is 2. The van der Waals surface area contributed by atoms with Gasteiger partial charge in [0.1, 0.15) is 0 Å². The van der Waals surface area contributed by atoms with Crippen LogP contribution >= 0.6 is 0 Å². The normalized spacial score (nSPS) is 13.9. The Kier molecular flexibility index (Phi) is 2.49. The van der Waals surface area contributed by atoms with Gasteiger partial charge < -0.3 is 0 Å². The molecule has 19 heavy (non-hydrogen) atoms. The first kappa shape index (κ1) is 11.7. The van der Waals surface area contributed by atoms with Crippen molar-refractivity contribution in [1.82, 2.24) is 0 Å². The van der Waals surface area contributed by atoms with Crippen molar-refractivity contribution in [3.05, 3.63) is 59.2 Å². The summed E-state index contributed by atoms with van der Waals surface area (Å²) in [6, 6.07) is 13.0. The summed E-state index contributed by atoms with van der Waals surface area (Å²) >= 11 is 0. The molecule has 2 aromatic carbocycles. The van der Waals surface area contributed by atoms with Gasteiger partial charge in [-0.1, -0.05) is 30.3 Å². The zero-order valence-corrected chi connectivity index (χ0v) is 10.8. The fourth-order valence-electron chi connectivity index (χ4n) is 2.57. The van der Waals surface area contributed by atoms with E-state index in [4.69, 9.17) is 0 Å². The van der Waals surface area contributed by atoms with Crippen LogP contribution in [0.15, 0.2) is 42.5 Å². The number of anilines is 2. The lowest BCUT2D eigenvalue weighted by Gasteiger charge is -2.21. The summed E-state index contributed by atoms with van der Waals surface area (Å²) in [6.45, 7) is 3.89. The zero-order chi connectivity index (χ0) is 13.6. The minimum Gasteiger partial charge on any atom is -0.283 e. The number of ketones is 1. The van der Waals surface area contributed by atoms with Crippen molar-refractivity contribution in [3.63, 3.8) is 0 Å². The minimum absolute atomic E-state index is 0.432. The van der Waals surface area contributed by atoms with E-state index in [9.17, 15) is 9.59 Å². The second kappa shape index (κ2) is 4.05. The van der Waals surface area contributed by atoms with E-state index in [1.807, 2.05) is 44.2 Å².